The second-order valence-electron chi connectivity index (χ2n) is 3.38. The Bertz CT molecular complexity index is 314. The monoisotopic (exact) mass is 217 g/mol. The molecule has 1 heterocycles. The molecule has 6 heteroatoms. The molecule has 5 nitrogen and oxygen atoms in total. The van der Waals surface area contributed by atoms with Crippen molar-refractivity contribution in [2.75, 3.05) is 26.7 Å². The average Bonchev–Trinajstić information content (AvgIpc) is 2.19. The molecule has 0 unspecified atom stereocenters. The molecule has 1 rings (SSSR count). The van der Waals surface area contributed by atoms with Gasteiger partial charge in [-0.05, 0) is 12.8 Å². The zero-order valence-corrected chi connectivity index (χ0v) is 9.13. The SMILES string of the molecule is CN(CC#N)S(=O)(=O)N1CCCCC1. The summed E-state index contributed by atoms with van der Waals surface area (Å²) in [5.41, 5.74) is 0. The second kappa shape index (κ2) is 4.73. The summed E-state index contributed by atoms with van der Waals surface area (Å²) in [6.45, 7) is 1.08. The first kappa shape index (κ1) is 11.4. The predicted molar refractivity (Wildman–Crippen MR) is 52.6 cm³/mol. The van der Waals surface area contributed by atoms with E-state index in [0.717, 1.165) is 23.6 Å². The second-order valence-corrected chi connectivity index (χ2v) is 5.42. The largest absolute Gasteiger partial charge is 0.282 e. The maximum absolute atomic E-state index is 11.8. The minimum absolute atomic E-state index is 0.0845. The van der Waals surface area contributed by atoms with E-state index in [1.165, 1.54) is 11.4 Å². The Morgan fingerprint density at radius 2 is 1.93 bits per heavy atom. The van der Waals surface area contributed by atoms with E-state index < -0.39 is 10.2 Å². The maximum Gasteiger partial charge on any atom is 0.282 e. The third-order valence-corrected chi connectivity index (χ3v) is 4.26. The molecule has 0 aromatic rings. The van der Waals surface area contributed by atoms with Gasteiger partial charge in [-0.3, -0.25) is 0 Å². The summed E-state index contributed by atoms with van der Waals surface area (Å²) in [4.78, 5) is 0. The lowest BCUT2D eigenvalue weighted by Gasteiger charge is -2.28. The number of piperidine rings is 1. The van der Waals surface area contributed by atoms with Gasteiger partial charge in [-0.15, -0.1) is 0 Å². The van der Waals surface area contributed by atoms with E-state index >= 15 is 0 Å². The third-order valence-electron chi connectivity index (χ3n) is 2.33. The molecule has 0 amide bonds. The Kier molecular flexibility index (Phi) is 3.86. The van der Waals surface area contributed by atoms with Gasteiger partial charge in [-0.1, -0.05) is 6.42 Å². The molecule has 0 aromatic heterocycles. The quantitative estimate of drug-likeness (QED) is 0.633. The molecule has 80 valence electrons. The van der Waals surface area contributed by atoms with E-state index in [0.29, 0.717) is 13.1 Å². The Labute approximate surface area is 85.1 Å². The predicted octanol–water partition coefficient (Wildman–Crippen LogP) is 0.172. The Morgan fingerprint density at radius 3 is 2.43 bits per heavy atom. The van der Waals surface area contributed by atoms with Crippen LogP contribution in [0.5, 0.6) is 0 Å². The molecule has 0 aromatic carbocycles. The van der Waals surface area contributed by atoms with Crippen molar-refractivity contribution in [1.82, 2.24) is 8.61 Å². The summed E-state index contributed by atoms with van der Waals surface area (Å²) < 4.78 is 26.1. The zero-order chi connectivity index (χ0) is 10.6. The van der Waals surface area contributed by atoms with Crippen molar-refractivity contribution in [3.05, 3.63) is 0 Å². The number of hydrogen-bond donors (Lipinski definition) is 0. The summed E-state index contributed by atoms with van der Waals surface area (Å²) >= 11 is 0. The fourth-order valence-corrected chi connectivity index (χ4v) is 2.81. The molecular formula is C8H15N3O2S. The molecule has 14 heavy (non-hydrogen) atoms. The lowest BCUT2D eigenvalue weighted by atomic mass is 10.2. The average molecular weight is 217 g/mol. The van der Waals surface area contributed by atoms with E-state index in [1.54, 1.807) is 0 Å². The summed E-state index contributed by atoms with van der Waals surface area (Å²) in [5, 5.41) is 8.42. The molecule has 0 aliphatic carbocycles. The first-order chi connectivity index (χ1) is 6.59. The highest BCUT2D eigenvalue weighted by atomic mass is 32.2. The summed E-state index contributed by atoms with van der Waals surface area (Å²) in [6.07, 6.45) is 2.92. The molecule has 0 spiro atoms. The normalized spacial score (nSPS) is 19.5. The van der Waals surface area contributed by atoms with E-state index in [2.05, 4.69) is 0 Å². The van der Waals surface area contributed by atoms with Gasteiger partial charge in [0.2, 0.25) is 0 Å². The van der Waals surface area contributed by atoms with Crippen LogP contribution in [0, 0.1) is 11.3 Å². The minimum atomic E-state index is -3.38. The lowest BCUT2D eigenvalue weighted by molar-refractivity contribution is 0.321. The lowest BCUT2D eigenvalue weighted by Crippen LogP contribution is -2.44. The Balaban J connectivity index is 2.68. The van der Waals surface area contributed by atoms with E-state index in [1.807, 2.05) is 6.07 Å². The molecular weight excluding hydrogens is 202 g/mol. The van der Waals surface area contributed by atoms with Crippen LogP contribution in [-0.4, -0.2) is 43.7 Å². The topological polar surface area (TPSA) is 64.4 Å². The first-order valence-corrected chi connectivity index (χ1v) is 6.07. The van der Waals surface area contributed by atoms with Crippen LogP contribution in [0.1, 0.15) is 19.3 Å². The van der Waals surface area contributed by atoms with Gasteiger partial charge in [0.25, 0.3) is 10.2 Å². The third kappa shape index (κ3) is 2.44. The van der Waals surface area contributed by atoms with Crippen molar-refractivity contribution in [1.29, 1.82) is 5.26 Å². The van der Waals surface area contributed by atoms with Crippen LogP contribution < -0.4 is 0 Å². The number of nitriles is 1. The summed E-state index contributed by atoms with van der Waals surface area (Å²) in [7, 11) is -1.94. The Hall–Kier alpha value is -0.640. The maximum atomic E-state index is 11.8. The van der Waals surface area contributed by atoms with Crippen molar-refractivity contribution in [2.45, 2.75) is 19.3 Å². The highest BCUT2D eigenvalue weighted by molar-refractivity contribution is 7.86. The van der Waals surface area contributed by atoms with Gasteiger partial charge in [0, 0.05) is 20.1 Å². The van der Waals surface area contributed by atoms with Crippen molar-refractivity contribution >= 4 is 10.2 Å². The molecule has 1 aliphatic rings. The molecule has 1 saturated heterocycles. The van der Waals surface area contributed by atoms with Crippen LogP contribution in [0.15, 0.2) is 0 Å². The molecule has 0 atom stereocenters. The van der Waals surface area contributed by atoms with Crippen molar-refractivity contribution < 1.29 is 8.42 Å². The van der Waals surface area contributed by atoms with Gasteiger partial charge >= 0.3 is 0 Å². The van der Waals surface area contributed by atoms with Crippen LogP contribution in [0.3, 0.4) is 0 Å². The number of nitrogens with zero attached hydrogens (tertiary/aromatic N) is 3. The highest BCUT2D eigenvalue weighted by Crippen LogP contribution is 2.14. The van der Waals surface area contributed by atoms with Crippen LogP contribution in [-0.2, 0) is 10.2 Å². The minimum Gasteiger partial charge on any atom is -0.197 e. The van der Waals surface area contributed by atoms with Gasteiger partial charge in [0.05, 0.1) is 6.07 Å². The van der Waals surface area contributed by atoms with Crippen molar-refractivity contribution in [3.63, 3.8) is 0 Å². The molecule has 1 aliphatic heterocycles. The van der Waals surface area contributed by atoms with Gasteiger partial charge in [0.15, 0.2) is 0 Å². The van der Waals surface area contributed by atoms with E-state index in [4.69, 9.17) is 5.26 Å². The van der Waals surface area contributed by atoms with Crippen LogP contribution in [0.4, 0.5) is 0 Å². The highest BCUT2D eigenvalue weighted by Gasteiger charge is 2.27. The van der Waals surface area contributed by atoms with Gasteiger partial charge in [-0.2, -0.15) is 22.3 Å². The molecule has 0 saturated carbocycles. The van der Waals surface area contributed by atoms with Gasteiger partial charge in [0.1, 0.15) is 6.54 Å². The Morgan fingerprint density at radius 1 is 1.36 bits per heavy atom. The molecule has 0 bridgehead atoms. The first-order valence-electron chi connectivity index (χ1n) is 4.67. The smallest absolute Gasteiger partial charge is 0.197 e. The van der Waals surface area contributed by atoms with E-state index in [9.17, 15) is 8.42 Å². The standard InChI is InChI=1S/C8H15N3O2S/c1-10(8-5-9)14(12,13)11-6-3-2-4-7-11/h2-4,6-8H2,1H3. The van der Waals surface area contributed by atoms with Crippen LogP contribution in [0.25, 0.3) is 0 Å². The zero-order valence-electron chi connectivity index (χ0n) is 8.31. The number of hydrogen-bond acceptors (Lipinski definition) is 3. The van der Waals surface area contributed by atoms with E-state index in [-0.39, 0.29) is 6.54 Å². The van der Waals surface area contributed by atoms with Crippen LogP contribution >= 0.6 is 0 Å². The van der Waals surface area contributed by atoms with Gasteiger partial charge < -0.3 is 0 Å². The van der Waals surface area contributed by atoms with Crippen LogP contribution in [0.2, 0.25) is 0 Å². The molecule has 0 radical (unpaired) electrons. The fraction of sp³-hybridized carbons (Fsp3) is 0.875. The molecule has 0 N–H and O–H groups in total. The summed E-state index contributed by atoms with van der Waals surface area (Å²) in [6, 6.07) is 1.83. The van der Waals surface area contributed by atoms with Crippen molar-refractivity contribution in [2.24, 2.45) is 0 Å². The summed E-state index contributed by atoms with van der Waals surface area (Å²) in [5.74, 6) is 0. The number of rotatable bonds is 3. The molecule has 1 fully saturated rings. The van der Waals surface area contributed by atoms with Crippen molar-refractivity contribution in [3.8, 4) is 6.07 Å². The fourth-order valence-electron chi connectivity index (χ4n) is 1.47. The van der Waals surface area contributed by atoms with Gasteiger partial charge in [-0.25, -0.2) is 0 Å².